The first-order valence-electron chi connectivity index (χ1n) is 9.00. The maximum Gasteiger partial charge on any atom is 0.234 e. The first kappa shape index (κ1) is 17.0. The van der Waals surface area contributed by atoms with Crippen LogP contribution < -0.4 is 5.32 Å². The van der Waals surface area contributed by atoms with Crippen LogP contribution in [0.4, 0.5) is 5.69 Å². The molecule has 1 N–H and O–H groups in total. The van der Waals surface area contributed by atoms with Crippen LogP contribution >= 0.6 is 0 Å². The van der Waals surface area contributed by atoms with Gasteiger partial charge in [-0.05, 0) is 30.2 Å². The topological polar surface area (TPSA) is 59.3 Å². The normalized spacial score (nSPS) is 12.0. The Balaban J connectivity index is 1.58. The zero-order valence-corrected chi connectivity index (χ0v) is 15.0. The number of fused-ring (bicyclic) bond motifs is 1. The van der Waals surface area contributed by atoms with E-state index in [2.05, 4.69) is 15.3 Å². The first-order chi connectivity index (χ1) is 13.2. The highest BCUT2D eigenvalue weighted by Gasteiger charge is 2.18. The molecule has 5 nitrogen and oxygen atoms in total. The lowest BCUT2D eigenvalue weighted by atomic mass is 9.95. The summed E-state index contributed by atoms with van der Waals surface area (Å²) in [5.41, 5.74) is 3.54. The highest BCUT2D eigenvalue weighted by atomic mass is 16.1. The van der Waals surface area contributed by atoms with Crippen molar-refractivity contribution in [3.05, 3.63) is 84.8 Å². The minimum atomic E-state index is -0.172. The Morgan fingerprint density at radius 1 is 1.11 bits per heavy atom. The number of benzene rings is 2. The molecule has 1 atom stereocenters. The smallest absolute Gasteiger partial charge is 0.234 e. The van der Waals surface area contributed by atoms with E-state index in [0.29, 0.717) is 5.78 Å². The van der Waals surface area contributed by atoms with E-state index in [9.17, 15) is 4.79 Å². The van der Waals surface area contributed by atoms with Crippen LogP contribution in [0, 0.1) is 0 Å². The standard InChI is InChI=1S/C22H20N4O/c1-2-19(16-8-4-3-5-9-16)21(27)24-18-11-6-10-17(14-18)20-15-26-13-7-12-23-22(26)25-20/h3-15,19H,2H2,1H3,(H,24,27). The fourth-order valence-electron chi connectivity index (χ4n) is 3.21. The van der Waals surface area contributed by atoms with Crippen LogP contribution in [0.2, 0.25) is 0 Å². The van der Waals surface area contributed by atoms with Crippen LogP contribution in [-0.4, -0.2) is 20.3 Å². The summed E-state index contributed by atoms with van der Waals surface area (Å²) >= 11 is 0. The molecule has 2 heterocycles. The molecule has 0 radical (unpaired) electrons. The number of carbonyl (C=O) groups excluding carboxylic acids is 1. The minimum absolute atomic E-state index is 0.00230. The van der Waals surface area contributed by atoms with E-state index in [1.807, 2.05) is 84.4 Å². The monoisotopic (exact) mass is 356 g/mol. The Bertz CT molecular complexity index is 1040. The van der Waals surface area contributed by atoms with Crippen LogP contribution in [0.5, 0.6) is 0 Å². The van der Waals surface area contributed by atoms with Gasteiger partial charge < -0.3 is 5.32 Å². The number of rotatable bonds is 5. The summed E-state index contributed by atoms with van der Waals surface area (Å²) in [6, 6.07) is 19.5. The molecule has 0 fully saturated rings. The van der Waals surface area contributed by atoms with Crippen LogP contribution in [-0.2, 0) is 4.79 Å². The number of amides is 1. The van der Waals surface area contributed by atoms with Crippen molar-refractivity contribution >= 4 is 17.4 Å². The van der Waals surface area contributed by atoms with E-state index < -0.39 is 0 Å². The molecule has 0 spiro atoms. The quantitative estimate of drug-likeness (QED) is 0.571. The molecule has 4 aromatic rings. The number of nitrogens with zero attached hydrogens (tertiary/aromatic N) is 3. The molecular formula is C22H20N4O. The van der Waals surface area contributed by atoms with E-state index >= 15 is 0 Å². The summed E-state index contributed by atoms with van der Waals surface area (Å²) in [5, 5.41) is 3.05. The van der Waals surface area contributed by atoms with Crippen LogP contribution in [0.1, 0.15) is 24.8 Å². The predicted molar refractivity (Wildman–Crippen MR) is 107 cm³/mol. The van der Waals surface area contributed by atoms with Gasteiger partial charge in [0.15, 0.2) is 0 Å². The molecule has 0 saturated carbocycles. The number of aromatic nitrogens is 3. The van der Waals surface area contributed by atoms with Crippen molar-refractivity contribution in [3.63, 3.8) is 0 Å². The van der Waals surface area contributed by atoms with Crippen molar-refractivity contribution in [2.24, 2.45) is 0 Å². The lowest BCUT2D eigenvalue weighted by Gasteiger charge is -2.15. The molecule has 5 heteroatoms. The van der Waals surface area contributed by atoms with Crippen molar-refractivity contribution in [3.8, 4) is 11.3 Å². The maximum absolute atomic E-state index is 12.8. The third-order valence-corrected chi connectivity index (χ3v) is 4.59. The zero-order chi connectivity index (χ0) is 18.6. The van der Waals surface area contributed by atoms with Crippen molar-refractivity contribution in [1.82, 2.24) is 14.4 Å². The molecule has 1 unspecified atom stereocenters. The minimum Gasteiger partial charge on any atom is -0.326 e. The molecule has 0 aliphatic carbocycles. The Morgan fingerprint density at radius 3 is 2.74 bits per heavy atom. The molecule has 0 aliphatic rings. The van der Waals surface area contributed by atoms with Gasteiger partial charge in [-0.3, -0.25) is 9.20 Å². The molecular weight excluding hydrogens is 336 g/mol. The summed E-state index contributed by atoms with van der Waals surface area (Å²) in [6.45, 7) is 2.03. The van der Waals surface area contributed by atoms with Gasteiger partial charge in [-0.1, -0.05) is 49.4 Å². The van der Waals surface area contributed by atoms with Gasteiger partial charge in [-0.25, -0.2) is 9.97 Å². The van der Waals surface area contributed by atoms with Crippen LogP contribution in [0.3, 0.4) is 0 Å². The van der Waals surface area contributed by atoms with Crippen LogP contribution in [0.25, 0.3) is 17.0 Å². The Labute approximate surface area is 157 Å². The van der Waals surface area contributed by atoms with Gasteiger partial charge in [0, 0.05) is 29.8 Å². The maximum atomic E-state index is 12.8. The van der Waals surface area contributed by atoms with Crippen molar-refractivity contribution in [2.75, 3.05) is 5.32 Å². The first-order valence-corrected chi connectivity index (χ1v) is 9.00. The van der Waals surface area contributed by atoms with E-state index in [-0.39, 0.29) is 11.8 Å². The summed E-state index contributed by atoms with van der Waals surface area (Å²) in [6.07, 6.45) is 6.31. The second kappa shape index (κ2) is 7.41. The SMILES string of the molecule is CCC(C(=O)Nc1cccc(-c2cn3cccnc3n2)c1)c1ccccc1. The van der Waals surface area contributed by atoms with E-state index in [4.69, 9.17) is 0 Å². The van der Waals surface area contributed by atoms with Gasteiger partial charge in [0.1, 0.15) is 0 Å². The van der Waals surface area contributed by atoms with Gasteiger partial charge in [0.25, 0.3) is 0 Å². The number of imidazole rings is 1. The second-order valence-corrected chi connectivity index (χ2v) is 6.39. The van der Waals surface area contributed by atoms with Gasteiger partial charge in [0.2, 0.25) is 11.7 Å². The summed E-state index contributed by atoms with van der Waals surface area (Å²) < 4.78 is 1.88. The Hall–Kier alpha value is -3.47. The average Bonchev–Trinajstić information content (AvgIpc) is 3.14. The van der Waals surface area contributed by atoms with Gasteiger partial charge >= 0.3 is 0 Å². The van der Waals surface area contributed by atoms with E-state index in [1.165, 1.54) is 0 Å². The molecule has 1 amide bonds. The fraction of sp³-hybridized carbons (Fsp3) is 0.136. The molecule has 134 valence electrons. The predicted octanol–water partition coefficient (Wildman–Crippen LogP) is 4.53. The second-order valence-electron chi connectivity index (χ2n) is 6.39. The fourth-order valence-corrected chi connectivity index (χ4v) is 3.21. The Kier molecular flexibility index (Phi) is 4.66. The molecule has 2 aromatic carbocycles. The largest absolute Gasteiger partial charge is 0.326 e. The molecule has 0 bridgehead atoms. The van der Waals surface area contributed by atoms with Crippen molar-refractivity contribution in [1.29, 1.82) is 0 Å². The van der Waals surface area contributed by atoms with Gasteiger partial charge in [-0.15, -0.1) is 0 Å². The molecule has 2 aromatic heterocycles. The number of carbonyl (C=O) groups is 1. The molecule has 0 aliphatic heterocycles. The zero-order valence-electron chi connectivity index (χ0n) is 15.0. The third kappa shape index (κ3) is 3.58. The third-order valence-electron chi connectivity index (χ3n) is 4.59. The lowest BCUT2D eigenvalue weighted by Crippen LogP contribution is -2.20. The highest BCUT2D eigenvalue weighted by molar-refractivity contribution is 5.96. The summed E-state index contributed by atoms with van der Waals surface area (Å²) in [7, 11) is 0. The summed E-state index contributed by atoms with van der Waals surface area (Å²) in [4.78, 5) is 21.6. The van der Waals surface area contributed by atoms with Crippen molar-refractivity contribution in [2.45, 2.75) is 19.3 Å². The van der Waals surface area contributed by atoms with Crippen LogP contribution in [0.15, 0.2) is 79.3 Å². The highest BCUT2D eigenvalue weighted by Crippen LogP contribution is 2.25. The number of hydrogen-bond acceptors (Lipinski definition) is 3. The molecule has 27 heavy (non-hydrogen) atoms. The van der Waals surface area contributed by atoms with Crippen molar-refractivity contribution < 1.29 is 4.79 Å². The summed E-state index contributed by atoms with van der Waals surface area (Å²) in [5.74, 6) is 0.476. The van der Waals surface area contributed by atoms with Gasteiger partial charge in [-0.2, -0.15) is 0 Å². The number of anilines is 1. The number of nitrogens with one attached hydrogen (secondary N) is 1. The van der Waals surface area contributed by atoms with Gasteiger partial charge in [0.05, 0.1) is 11.6 Å². The number of hydrogen-bond donors (Lipinski definition) is 1. The average molecular weight is 356 g/mol. The Morgan fingerprint density at radius 2 is 1.96 bits per heavy atom. The molecule has 4 rings (SSSR count). The van der Waals surface area contributed by atoms with E-state index in [0.717, 1.165) is 28.9 Å². The molecule has 0 saturated heterocycles. The van der Waals surface area contributed by atoms with E-state index in [1.54, 1.807) is 6.20 Å². The lowest BCUT2D eigenvalue weighted by molar-refractivity contribution is -0.117.